The summed E-state index contributed by atoms with van der Waals surface area (Å²) in [6.45, 7) is 4.06. The van der Waals surface area contributed by atoms with Crippen LogP contribution in [-0.2, 0) is 21.4 Å². The number of hydrogen-bond acceptors (Lipinski definition) is 4. The number of benzene rings is 2. The molecule has 0 aliphatic heterocycles. The number of aryl methyl sites for hydroxylation is 1. The highest BCUT2D eigenvalue weighted by Gasteiger charge is 2.31. The first-order chi connectivity index (χ1) is 13.2. The maximum Gasteiger partial charge on any atom is 0.244 e. The number of sulfonamides is 1. The molecule has 2 aromatic carbocycles. The zero-order chi connectivity index (χ0) is 20.9. The molecule has 1 atom stereocenters. The largest absolute Gasteiger partial charge is 0.495 e. The SMILES string of the molecule is CC[C@@H](C(=O)NCc1ccc(C)cc1)N(c1ccc(OC)c(Cl)c1)S(C)(=O)=O. The number of carbonyl (C=O) groups is 1. The zero-order valence-corrected chi connectivity index (χ0v) is 18.0. The fourth-order valence-corrected chi connectivity index (χ4v) is 4.32. The summed E-state index contributed by atoms with van der Waals surface area (Å²) in [4.78, 5) is 12.8. The fraction of sp³-hybridized carbons (Fsp3) is 0.350. The van der Waals surface area contributed by atoms with E-state index in [0.717, 1.165) is 21.7 Å². The molecule has 0 saturated carbocycles. The van der Waals surface area contributed by atoms with Gasteiger partial charge in [-0.2, -0.15) is 0 Å². The molecule has 0 fully saturated rings. The van der Waals surface area contributed by atoms with Gasteiger partial charge in [0.25, 0.3) is 0 Å². The van der Waals surface area contributed by atoms with Crippen LogP contribution in [-0.4, -0.2) is 33.7 Å². The van der Waals surface area contributed by atoms with Gasteiger partial charge in [-0.05, 0) is 37.1 Å². The van der Waals surface area contributed by atoms with Crippen molar-refractivity contribution in [2.75, 3.05) is 17.7 Å². The van der Waals surface area contributed by atoms with Gasteiger partial charge in [-0.1, -0.05) is 48.4 Å². The van der Waals surface area contributed by atoms with Crippen LogP contribution in [0, 0.1) is 6.92 Å². The minimum absolute atomic E-state index is 0.267. The highest BCUT2D eigenvalue weighted by molar-refractivity contribution is 7.92. The highest BCUT2D eigenvalue weighted by Crippen LogP contribution is 2.31. The van der Waals surface area contributed by atoms with Crippen molar-refractivity contribution in [1.82, 2.24) is 5.32 Å². The number of carbonyl (C=O) groups excluding carboxylic acids is 1. The minimum Gasteiger partial charge on any atom is -0.495 e. The molecule has 8 heteroatoms. The average molecular weight is 425 g/mol. The summed E-state index contributed by atoms with van der Waals surface area (Å²) in [7, 11) is -2.25. The van der Waals surface area contributed by atoms with Gasteiger partial charge in [0, 0.05) is 6.54 Å². The number of methoxy groups -OCH3 is 1. The van der Waals surface area contributed by atoms with Crippen molar-refractivity contribution in [3.63, 3.8) is 0 Å². The third-order valence-electron chi connectivity index (χ3n) is 4.31. The Balaban J connectivity index is 2.28. The first-order valence-electron chi connectivity index (χ1n) is 8.83. The molecule has 0 spiro atoms. The number of hydrogen-bond donors (Lipinski definition) is 1. The third-order valence-corrected chi connectivity index (χ3v) is 5.78. The van der Waals surface area contributed by atoms with E-state index in [-0.39, 0.29) is 10.9 Å². The molecule has 0 radical (unpaired) electrons. The smallest absolute Gasteiger partial charge is 0.244 e. The number of nitrogens with zero attached hydrogens (tertiary/aromatic N) is 1. The van der Waals surface area contributed by atoms with Gasteiger partial charge >= 0.3 is 0 Å². The van der Waals surface area contributed by atoms with Gasteiger partial charge in [0.1, 0.15) is 11.8 Å². The summed E-state index contributed by atoms with van der Waals surface area (Å²) in [5.74, 6) is 0.0520. The van der Waals surface area contributed by atoms with E-state index in [2.05, 4.69) is 5.32 Å². The third kappa shape index (κ3) is 5.39. The molecule has 2 rings (SSSR count). The van der Waals surface area contributed by atoms with Gasteiger partial charge in [-0.15, -0.1) is 0 Å². The molecule has 2 aromatic rings. The van der Waals surface area contributed by atoms with Gasteiger partial charge in [-0.3, -0.25) is 9.10 Å². The first kappa shape index (κ1) is 22.0. The van der Waals surface area contributed by atoms with Gasteiger partial charge in [-0.25, -0.2) is 8.42 Å². The van der Waals surface area contributed by atoms with Crippen LogP contribution < -0.4 is 14.4 Å². The Bertz CT molecular complexity index is 930. The lowest BCUT2D eigenvalue weighted by atomic mass is 10.1. The number of amides is 1. The number of anilines is 1. The molecule has 0 unspecified atom stereocenters. The second kappa shape index (κ2) is 9.30. The van der Waals surface area contributed by atoms with E-state index in [1.807, 2.05) is 31.2 Å². The molecular weight excluding hydrogens is 400 g/mol. The molecule has 6 nitrogen and oxygen atoms in total. The van der Waals surface area contributed by atoms with Crippen LogP contribution >= 0.6 is 11.6 Å². The minimum atomic E-state index is -3.73. The molecule has 28 heavy (non-hydrogen) atoms. The van der Waals surface area contributed by atoms with E-state index in [4.69, 9.17) is 16.3 Å². The molecule has 0 aromatic heterocycles. The molecule has 1 N–H and O–H groups in total. The van der Waals surface area contributed by atoms with Crippen LogP contribution in [0.1, 0.15) is 24.5 Å². The molecule has 0 heterocycles. The highest BCUT2D eigenvalue weighted by atomic mass is 35.5. The van der Waals surface area contributed by atoms with E-state index in [0.29, 0.717) is 24.4 Å². The number of nitrogens with one attached hydrogen (secondary N) is 1. The second-order valence-electron chi connectivity index (χ2n) is 6.51. The molecule has 0 aliphatic rings. The summed E-state index contributed by atoms with van der Waals surface area (Å²) < 4.78 is 31.2. The first-order valence-corrected chi connectivity index (χ1v) is 11.1. The number of ether oxygens (including phenoxy) is 1. The van der Waals surface area contributed by atoms with E-state index in [1.165, 1.54) is 13.2 Å². The Kier molecular flexibility index (Phi) is 7.32. The van der Waals surface area contributed by atoms with Crippen molar-refractivity contribution in [2.45, 2.75) is 32.9 Å². The van der Waals surface area contributed by atoms with Gasteiger partial charge in [0.2, 0.25) is 15.9 Å². The van der Waals surface area contributed by atoms with Crippen LogP contribution in [0.5, 0.6) is 5.75 Å². The molecule has 0 aliphatic carbocycles. The van der Waals surface area contributed by atoms with Crippen molar-refractivity contribution in [2.24, 2.45) is 0 Å². The van der Waals surface area contributed by atoms with E-state index >= 15 is 0 Å². The Labute approximate surface area is 171 Å². The maximum absolute atomic E-state index is 12.8. The molecule has 0 saturated heterocycles. The topological polar surface area (TPSA) is 75.7 Å². The summed E-state index contributed by atoms with van der Waals surface area (Å²) in [5, 5.41) is 3.09. The Morgan fingerprint density at radius 2 is 1.86 bits per heavy atom. The van der Waals surface area contributed by atoms with Gasteiger partial charge in [0.05, 0.1) is 24.1 Å². The molecule has 1 amide bonds. The van der Waals surface area contributed by atoms with Crippen molar-refractivity contribution in [3.05, 3.63) is 58.6 Å². The van der Waals surface area contributed by atoms with E-state index in [9.17, 15) is 13.2 Å². The van der Waals surface area contributed by atoms with Gasteiger partial charge in [0.15, 0.2) is 0 Å². The average Bonchev–Trinajstić information content (AvgIpc) is 2.64. The van der Waals surface area contributed by atoms with E-state index < -0.39 is 16.1 Å². The predicted octanol–water partition coefficient (Wildman–Crippen LogP) is 3.52. The quantitative estimate of drug-likeness (QED) is 0.703. The Hall–Kier alpha value is -2.25. The summed E-state index contributed by atoms with van der Waals surface area (Å²) >= 11 is 6.16. The van der Waals surface area contributed by atoms with Crippen LogP contribution in [0.25, 0.3) is 0 Å². The lowest BCUT2D eigenvalue weighted by molar-refractivity contribution is -0.122. The maximum atomic E-state index is 12.8. The zero-order valence-electron chi connectivity index (χ0n) is 16.4. The van der Waals surface area contributed by atoms with Crippen molar-refractivity contribution >= 4 is 33.2 Å². The number of halogens is 1. The monoisotopic (exact) mass is 424 g/mol. The van der Waals surface area contributed by atoms with Crippen LogP contribution in [0.3, 0.4) is 0 Å². The van der Waals surface area contributed by atoms with E-state index in [1.54, 1.807) is 19.1 Å². The van der Waals surface area contributed by atoms with Gasteiger partial charge < -0.3 is 10.1 Å². The second-order valence-corrected chi connectivity index (χ2v) is 8.77. The Morgan fingerprint density at radius 3 is 2.36 bits per heavy atom. The molecule has 0 bridgehead atoms. The standard InChI is InChI=1S/C20H25ClN2O4S/c1-5-18(20(24)22-13-15-8-6-14(2)7-9-15)23(28(4,25)26)16-10-11-19(27-3)17(21)12-16/h6-12,18H,5,13H2,1-4H3,(H,22,24)/t18-/m0/s1. The van der Waals surface area contributed by atoms with Crippen LogP contribution in [0.2, 0.25) is 5.02 Å². The predicted molar refractivity (Wildman–Crippen MR) is 112 cm³/mol. The Morgan fingerprint density at radius 1 is 1.21 bits per heavy atom. The van der Waals surface area contributed by atoms with Crippen molar-refractivity contribution in [1.29, 1.82) is 0 Å². The van der Waals surface area contributed by atoms with Crippen molar-refractivity contribution in [3.8, 4) is 5.75 Å². The lowest BCUT2D eigenvalue weighted by Crippen LogP contribution is -2.49. The fourth-order valence-electron chi connectivity index (χ4n) is 2.87. The van der Waals surface area contributed by atoms with Crippen molar-refractivity contribution < 1.29 is 17.9 Å². The van der Waals surface area contributed by atoms with Crippen LogP contribution in [0.4, 0.5) is 5.69 Å². The lowest BCUT2D eigenvalue weighted by Gasteiger charge is -2.30. The number of rotatable bonds is 8. The molecular formula is C20H25ClN2O4S. The summed E-state index contributed by atoms with van der Waals surface area (Å²) in [6.07, 6.45) is 1.37. The molecule has 152 valence electrons. The summed E-state index contributed by atoms with van der Waals surface area (Å²) in [5.41, 5.74) is 2.37. The van der Waals surface area contributed by atoms with Crippen LogP contribution in [0.15, 0.2) is 42.5 Å². The normalized spacial score (nSPS) is 12.3. The summed E-state index contributed by atoms with van der Waals surface area (Å²) in [6, 6.07) is 11.5.